The van der Waals surface area contributed by atoms with Gasteiger partial charge in [-0.2, -0.15) is 0 Å². The zero-order valence-corrected chi connectivity index (χ0v) is 16.1. The average Bonchev–Trinajstić information content (AvgIpc) is 2.61. The molecule has 0 saturated heterocycles. The Balaban J connectivity index is 0.00000338. The highest BCUT2D eigenvalue weighted by molar-refractivity contribution is 7.92. The number of sulfonamides is 1. The average molecular weight is 398 g/mol. The van der Waals surface area contributed by atoms with Crippen molar-refractivity contribution >= 4 is 34.0 Å². The maximum Gasteiger partial charge on any atom is 0.261 e. The molecule has 1 unspecified atom stereocenters. The smallest absolute Gasteiger partial charge is 0.261 e. The molecule has 0 aliphatic rings. The van der Waals surface area contributed by atoms with Crippen molar-refractivity contribution in [3.05, 3.63) is 60.2 Å². The first kappa shape index (κ1) is 22.0. The lowest BCUT2D eigenvalue weighted by Crippen LogP contribution is -2.40. The van der Waals surface area contributed by atoms with Crippen LogP contribution in [-0.2, 0) is 21.4 Å². The van der Waals surface area contributed by atoms with Gasteiger partial charge in [0.2, 0.25) is 5.91 Å². The molecule has 0 radical (unpaired) electrons. The van der Waals surface area contributed by atoms with Gasteiger partial charge < -0.3 is 11.1 Å². The van der Waals surface area contributed by atoms with E-state index in [0.717, 1.165) is 6.42 Å². The van der Waals surface area contributed by atoms with Crippen LogP contribution in [-0.4, -0.2) is 20.4 Å². The summed E-state index contributed by atoms with van der Waals surface area (Å²) < 4.78 is 27.5. The van der Waals surface area contributed by atoms with Crippen LogP contribution in [0, 0.1) is 0 Å². The largest absolute Gasteiger partial charge is 0.351 e. The van der Waals surface area contributed by atoms with Gasteiger partial charge in [0.15, 0.2) is 0 Å². The van der Waals surface area contributed by atoms with Gasteiger partial charge in [0.25, 0.3) is 10.0 Å². The van der Waals surface area contributed by atoms with Gasteiger partial charge in [-0.15, -0.1) is 12.4 Å². The van der Waals surface area contributed by atoms with Crippen LogP contribution in [0.5, 0.6) is 0 Å². The van der Waals surface area contributed by atoms with E-state index >= 15 is 0 Å². The summed E-state index contributed by atoms with van der Waals surface area (Å²) in [6.07, 6.45) is 1.43. The van der Waals surface area contributed by atoms with Crippen LogP contribution in [0.3, 0.4) is 0 Å². The van der Waals surface area contributed by atoms with Gasteiger partial charge in [-0.1, -0.05) is 49.7 Å². The summed E-state index contributed by atoms with van der Waals surface area (Å²) in [7, 11) is -3.69. The number of carbonyl (C=O) groups is 1. The Hall–Kier alpha value is -2.09. The Labute approximate surface area is 160 Å². The van der Waals surface area contributed by atoms with E-state index in [1.165, 1.54) is 12.1 Å². The second kappa shape index (κ2) is 10.2. The van der Waals surface area contributed by atoms with Crippen LogP contribution in [0.15, 0.2) is 59.5 Å². The molecule has 0 aliphatic heterocycles. The zero-order valence-electron chi connectivity index (χ0n) is 14.5. The summed E-state index contributed by atoms with van der Waals surface area (Å²) in [5, 5.41) is 2.75. The molecule has 1 atom stereocenters. The number of hydrogen-bond acceptors (Lipinski definition) is 4. The molecule has 8 heteroatoms. The summed E-state index contributed by atoms with van der Waals surface area (Å²) in [5.74, 6) is -0.248. The third-order valence-electron chi connectivity index (χ3n) is 3.70. The van der Waals surface area contributed by atoms with Gasteiger partial charge in [-0.3, -0.25) is 9.52 Å². The monoisotopic (exact) mass is 397 g/mol. The van der Waals surface area contributed by atoms with Crippen molar-refractivity contribution < 1.29 is 13.2 Å². The minimum Gasteiger partial charge on any atom is -0.351 e. The minimum absolute atomic E-state index is 0. The maximum atomic E-state index is 12.5. The van der Waals surface area contributed by atoms with E-state index in [1.807, 2.05) is 6.92 Å². The van der Waals surface area contributed by atoms with Gasteiger partial charge in [-0.25, -0.2) is 8.42 Å². The Kier molecular flexibility index (Phi) is 8.57. The van der Waals surface area contributed by atoms with E-state index in [1.54, 1.807) is 42.5 Å². The second-order valence-electron chi connectivity index (χ2n) is 5.69. The fourth-order valence-electron chi connectivity index (χ4n) is 2.33. The predicted molar refractivity (Wildman–Crippen MR) is 106 cm³/mol. The lowest BCUT2D eigenvalue weighted by atomic mass is 10.1. The summed E-state index contributed by atoms with van der Waals surface area (Å²) in [6, 6.07) is 14.5. The number of amides is 1. The second-order valence-corrected chi connectivity index (χ2v) is 7.37. The summed E-state index contributed by atoms with van der Waals surface area (Å²) in [6.45, 7) is 2.16. The topological polar surface area (TPSA) is 101 Å². The third kappa shape index (κ3) is 6.01. The van der Waals surface area contributed by atoms with Crippen LogP contribution in [0.25, 0.3) is 0 Å². The molecule has 0 aliphatic carbocycles. The van der Waals surface area contributed by atoms with Crippen molar-refractivity contribution in [3.8, 4) is 0 Å². The SMILES string of the molecule is CCCC(N)C(=O)NCc1ccccc1NS(=O)(=O)c1ccccc1.Cl. The van der Waals surface area contributed by atoms with Gasteiger partial charge in [0, 0.05) is 6.54 Å². The van der Waals surface area contributed by atoms with Crippen LogP contribution >= 0.6 is 12.4 Å². The Morgan fingerprint density at radius 1 is 1.08 bits per heavy atom. The highest BCUT2D eigenvalue weighted by atomic mass is 35.5. The first-order valence-electron chi connectivity index (χ1n) is 8.13. The van der Waals surface area contributed by atoms with Crippen molar-refractivity contribution in [2.45, 2.75) is 37.2 Å². The molecule has 2 rings (SSSR count). The van der Waals surface area contributed by atoms with E-state index in [-0.39, 0.29) is 29.8 Å². The molecule has 1 amide bonds. The maximum absolute atomic E-state index is 12.5. The molecular weight excluding hydrogens is 374 g/mol. The van der Waals surface area contributed by atoms with Crippen molar-refractivity contribution in [1.82, 2.24) is 5.32 Å². The lowest BCUT2D eigenvalue weighted by molar-refractivity contribution is -0.122. The Bertz CT molecular complexity index is 813. The lowest BCUT2D eigenvalue weighted by Gasteiger charge is -2.15. The molecule has 142 valence electrons. The molecule has 26 heavy (non-hydrogen) atoms. The summed E-state index contributed by atoms with van der Waals surface area (Å²) >= 11 is 0. The summed E-state index contributed by atoms with van der Waals surface area (Å²) in [5.41, 5.74) is 6.88. The number of benzene rings is 2. The molecule has 0 saturated carbocycles. The van der Waals surface area contributed by atoms with E-state index in [2.05, 4.69) is 10.0 Å². The zero-order chi connectivity index (χ0) is 18.3. The number of anilines is 1. The molecule has 0 fully saturated rings. The molecule has 2 aromatic carbocycles. The number of carbonyl (C=O) groups excluding carboxylic acids is 1. The fraction of sp³-hybridized carbons (Fsp3) is 0.278. The number of nitrogens with two attached hydrogens (primary N) is 1. The van der Waals surface area contributed by atoms with Crippen LogP contribution in [0.1, 0.15) is 25.3 Å². The van der Waals surface area contributed by atoms with Crippen LogP contribution in [0.2, 0.25) is 0 Å². The Morgan fingerprint density at radius 3 is 2.35 bits per heavy atom. The molecule has 2 aromatic rings. The van der Waals surface area contributed by atoms with Gasteiger partial charge >= 0.3 is 0 Å². The van der Waals surface area contributed by atoms with Gasteiger partial charge in [0.1, 0.15) is 0 Å². The molecule has 4 N–H and O–H groups in total. The number of nitrogens with one attached hydrogen (secondary N) is 2. The standard InChI is InChI=1S/C18H23N3O3S.ClH/c1-2-8-16(19)18(22)20-13-14-9-6-7-12-17(14)21-25(23,24)15-10-4-3-5-11-15;/h3-7,9-12,16,21H,2,8,13,19H2,1H3,(H,20,22);1H. The van der Waals surface area contributed by atoms with Gasteiger partial charge in [-0.05, 0) is 30.2 Å². The number of rotatable bonds is 8. The van der Waals surface area contributed by atoms with Crippen molar-refractivity contribution in [2.24, 2.45) is 5.73 Å². The molecule has 0 spiro atoms. The Morgan fingerprint density at radius 2 is 1.69 bits per heavy atom. The van der Waals surface area contributed by atoms with E-state index in [4.69, 9.17) is 5.73 Å². The number of hydrogen-bond donors (Lipinski definition) is 3. The van der Waals surface area contributed by atoms with E-state index < -0.39 is 16.1 Å². The minimum atomic E-state index is -3.69. The van der Waals surface area contributed by atoms with E-state index in [9.17, 15) is 13.2 Å². The van der Waals surface area contributed by atoms with Crippen molar-refractivity contribution in [3.63, 3.8) is 0 Å². The molecule has 0 bridgehead atoms. The first-order chi connectivity index (χ1) is 11.9. The molecule has 0 heterocycles. The van der Waals surface area contributed by atoms with Crippen LogP contribution in [0.4, 0.5) is 5.69 Å². The third-order valence-corrected chi connectivity index (χ3v) is 5.09. The molecular formula is C18H24ClN3O3S. The normalized spacial score (nSPS) is 11.9. The fourth-order valence-corrected chi connectivity index (χ4v) is 3.45. The van der Waals surface area contributed by atoms with E-state index in [0.29, 0.717) is 17.7 Å². The van der Waals surface area contributed by atoms with Crippen molar-refractivity contribution in [1.29, 1.82) is 0 Å². The summed E-state index contributed by atoms with van der Waals surface area (Å²) in [4.78, 5) is 12.1. The predicted octanol–water partition coefficient (Wildman–Crippen LogP) is 2.65. The van der Waals surface area contributed by atoms with Gasteiger partial charge in [0.05, 0.1) is 16.6 Å². The highest BCUT2D eigenvalue weighted by Gasteiger charge is 2.16. The number of halogens is 1. The molecule has 0 aromatic heterocycles. The highest BCUT2D eigenvalue weighted by Crippen LogP contribution is 2.20. The van der Waals surface area contributed by atoms with Crippen LogP contribution < -0.4 is 15.8 Å². The van der Waals surface area contributed by atoms with Crippen molar-refractivity contribution in [2.75, 3.05) is 4.72 Å². The molecule has 6 nitrogen and oxygen atoms in total. The first-order valence-corrected chi connectivity index (χ1v) is 9.61. The number of para-hydroxylation sites is 1. The quantitative estimate of drug-likeness (QED) is 0.637.